The first-order valence-corrected chi connectivity index (χ1v) is 12.4. The molecule has 10 nitrogen and oxygen atoms in total. The molecule has 1 aromatic rings. The van der Waals surface area contributed by atoms with Crippen LogP contribution in [-0.2, 0) is 27.3 Å². The Balaban J connectivity index is 0.00000400. The fraction of sp³-hybridized carbons (Fsp3) is 0.536. The molecule has 1 fully saturated rings. The number of nitrogens with zero attached hydrogens (tertiary/aromatic N) is 2. The van der Waals surface area contributed by atoms with E-state index in [9.17, 15) is 34.8 Å². The number of hydrogen-bond acceptors (Lipinski definition) is 9. The van der Waals surface area contributed by atoms with Gasteiger partial charge in [-0.25, -0.2) is 0 Å². The topological polar surface area (TPSA) is 165 Å². The van der Waals surface area contributed by atoms with Gasteiger partial charge in [0.1, 0.15) is 22.8 Å². The standard InChI is InChI=1S/C27H35N3O7.CH4/c1-12(2)10-30(5)11-14-8-17(29(3)4)16-7-13-6-15-9-18(31)21(26(28)36)25(35)27(15,37)24(34)19(13)23(33)20(16)22(14)32;/h8,12-13,15,32-33,35,37H,6-7,9-11H2,1-5H3,(H2,28,36);1H4/t13-,15+,27+;/m1./s1. The van der Waals surface area contributed by atoms with E-state index >= 15 is 0 Å². The number of anilines is 1. The lowest BCUT2D eigenvalue weighted by Gasteiger charge is -2.46. The second kappa shape index (κ2) is 10.1. The van der Waals surface area contributed by atoms with Crippen molar-refractivity contribution < 1.29 is 34.8 Å². The first kappa shape index (κ1) is 29.2. The molecule has 0 spiro atoms. The van der Waals surface area contributed by atoms with E-state index in [0.29, 0.717) is 23.6 Å². The second-order valence-corrected chi connectivity index (χ2v) is 11.1. The molecule has 0 radical (unpaired) electrons. The summed E-state index contributed by atoms with van der Waals surface area (Å²) in [5, 5.41) is 44.8. The minimum absolute atomic E-state index is 0. The van der Waals surface area contributed by atoms with Crippen molar-refractivity contribution in [1.29, 1.82) is 0 Å². The molecule has 38 heavy (non-hydrogen) atoms. The number of benzene rings is 1. The van der Waals surface area contributed by atoms with Gasteiger partial charge in [-0.2, -0.15) is 0 Å². The van der Waals surface area contributed by atoms with Crippen LogP contribution in [0.5, 0.6) is 5.75 Å². The number of aliphatic hydroxyl groups is 3. The van der Waals surface area contributed by atoms with Gasteiger partial charge in [0, 0.05) is 56.3 Å². The largest absolute Gasteiger partial charge is 0.508 e. The maximum absolute atomic E-state index is 13.7. The van der Waals surface area contributed by atoms with E-state index in [0.717, 1.165) is 12.2 Å². The summed E-state index contributed by atoms with van der Waals surface area (Å²) < 4.78 is 0. The molecule has 1 aromatic carbocycles. The van der Waals surface area contributed by atoms with Crippen molar-refractivity contribution >= 4 is 28.9 Å². The predicted molar refractivity (Wildman–Crippen MR) is 144 cm³/mol. The number of ketones is 2. The number of nitrogens with two attached hydrogens (primary N) is 1. The number of fused-ring (bicyclic) bond motifs is 3. The summed E-state index contributed by atoms with van der Waals surface area (Å²) in [5.41, 5.74) is 3.86. The Morgan fingerprint density at radius 1 is 1.16 bits per heavy atom. The number of aromatic hydroxyl groups is 1. The molecule has 3 aliphatic carbocycles. The van der Waals surface area contributed by atoms with Gasteiger partial charge >= 0.3 is 0 Å². The van der Waals surface area contributed by atoms with E-state index in [1.54, 1.807) is 0 Å². The van der Waals surface area contributed by atoms with Crippen LogP contribution in [0.1, 0.15) is 50.8 Å². The van der Waals surface area contributed by atoms with Crippen molar-refractivity contribution in [3.63, 3.8) is 0 Å². The highest BCUT2D eigenvalue weighted by molar-refractivity contribution is 6.22. The number of primary amides is 1. The molecule has 1 amide bonds. The lowest BCUT2D eigenvalue weighted by Crippen LogP contribution is -2.58. The van der Waals surface area contributed by atoms with Gasteiger partial charge in [-0.3, -0.25) is 14.4 Å². The average molecular weight is 530 g/mol. The van der Waals surface area contributed by atoms with Gasteiger partial charge in [0.05, 0.1) is 5.56 Å². The zero-order valence-corrected chi connectivity index (χ0v) is 21.8. The van der Waals surface area contributed by atoms with Gasteiger partial charge in [-0.15, -0.1) is 0 Å². The van der Waals surface area contributed by atoms with Crippen LogP contribution in [0.25, 0.3) is 5.76 Å². The van der Waals surface area contributed by atoms with Crippen LogP contribution in [-0.4, -0.2) is 76.1 Å². The molecule has 0 aliphatic heterocycles. The van der Waals surface area contributed by atoms with Gasteiger partial charge in [0.25, 0.3) is 5.91 Å². The van der Waals surface area contributed by atoms with Gasteiger partial charge < -0.3 is 36.0 Å². The summed E-state index contributed by atoms with van der Waals surface area (Å²) in [6.45, 7) is 5.36. The Morgan fingerprint density at radius 3 is 2.34 bits per heavy atom. The number of amides is 1. The minimum Gasteiger partial charge on any atom is -0.508 e. The molecule has 3 atom stereocenters. The normalized spacial score (nSPS) is 24.7. The Kier molecular flexibility index (Phi) is 7.74. The molecule has 0 aromatic heterocycles. The molecule has 4 rings (SSSR count). The summed E-state index contributed by atoms with van der Waals surface area (Å²) in [7, 11) is 5.63. The Hall–Kier alpha value is -3.37. The zero-order valence-electron chi connectivity index (χ0n) is 21.8. The predicted octanol–water partition coefficient (Wildman–Crippen LogP) is 2.21. The Bertz CT molecular complexity index is 1260. The highest BCUT2D eigenvalue weighted by atomic mass is 16.3. The number of hydrogen-bond donors (Lipinski definition) is 5. The molecule has 6 N–H and O–H groups in total. The minimum atomic E-state index is -2.56. The van der Waals surface area contributed by atoms with Crippen LogP contribution in [0.3, 0.4) is 0 Å². The number of carbonyl (C=O) groups is 3. The highest BCUT2D eigenvalue weighted by Gasteiger charge is 2.60. The zero-order chi connectivity index (χ0) is 27.6. The molecular formula is C28H39N3O7. The molecular weight excluding hydrogens is 490 g/mol. The quantitative estimate of drug-likeness (QED) is 0.347. The van der Waals surface area contributed by atoms with E-state index in [2.05, 4.69) is 13.8 Å². The Morgan fingerprint density at radius 2 is 1.79 bits per heavy atom. The average Bonchev–Trinajstić information content (AvgIpc) is 2.77. The number of phenols is 1. The summed E-state index contributed by atoms with van der Waals surface area (Å²) in [4.78, 5) is 41.9. The monoisotopic (exact) mass is 529 g/mol. The summed E-state index contributed by atoms with van der Waals surface area (Å²) in [6, 6.07) is 1.88. The van der Waals surface area contributed by atoms with Gasteiger partial charge in [-0.05, 0) is 43.4 Å². The van der Waals surface area contributed by atoms with E-state index in [1.807, 2.05) is 37.0 Å². The second-order valence-electron chi connectivity index (χ2n) is 11.1. The van der Waals surface area contributed by atoms with Crippen molar-refractivity contribution in [1.82, 2.24) is 4.90 Å². The van der Waals surface area contributed by atoms with Crippen LogP contribution >= 0.6 is 0 Å². The number of phenolic OH excluding ortho intramolecular Hbond substituents is 1. The lowest BCUT2D eigenvalue weighted by molar-refractivity contribution is -0.147. The van der Waals surface area contributed by atoms with Crippen LogP contribution in [0, 0.1) is 17.8 Å². The molecule has 0 heterocycles. The van der Waals surface area contributed by atoms with Crippen LogP contribution < -0.4 is 10.6 Å². The van der Waals surface area contributed by atoms with E-state index in [4.69, 9.17) is 5.73 Å². The van der Waals surface area contributed by atoms with Gasteiger partial charge in [0.15, 0.2) is 11.4 Å². The van der Waals surface area contributed by atoms with Crippen LogP contribution in [0.2, 0.25) is 0 Å². The first-order chi connectivity index (χ1) is 17.2. The molecule has 10 heteroatoms. The third-order valence-electron chi connectivity index (χ3n) is 7.72. The number of Topliss-reactive ketones (excluding diaryl/α,β-unsaturated/α-hetero) is 2. The smallest absolute Gasteiger partial charge is 0.255 e. The van der Waals surface area contributed by atoms with Crippen LogP contribution in [0.4, 0.5) is 5.69 Å². The SMILES string of the molecule is C.CC(C)CN(C)Cc1cc(N(C)C)c2c(c1O)C(O)=C1C(=O)[C@]3(O)C(O)=C(C(N)=O)C(=O)C[C@@H]3C[C@@H]1C2. The maximum atomic E-state index is 13.7. The fourth-order valence-corrected chi connectivity index (χ4v) is 6.22. The molecule has 0 unspecified atom stereocenters. The molecule has 3 aliphatic rings. The van der Waals surface area contributed by atoms with Crippen LogP contribution in [0.15, 0.2) is 23.0 Å². The number of carbonyl (C=O) groups excluding carboxylic acids is 3. The molecule has 0 saturated heterocycles. The molecule has 0 bridgehead atoms. The van der Waals surface area contributed by atoms with Crippen molar-refractivity contribution in [2.24, 2.45) is 23.5 Å². The maximum Gasteiger partial charge on any atom is 0.255 e. The summed E-state index contributed by atoms with van der Waals surface area (Å²) >= 11 is 0. The van der Waals surface area contributed by atoms with E-state index in [-0.39, 0.29) is 43.6 Å². The van der Waals surface area contributed by atoms with Crippen molar-refractivity contribution in [3.8, 4) is 5.75 Å². The summed E-state index contributed by atoms with van der Waals surface area (Å²) in [5.74, 6) is -5.81. The number of aliphatic hydroxyl groups excluding tert-OH is 2. The van der Waals surface area contributed by atoms with E-state index < -0.39 is 52.0 Å². The molecule has 208 valence electrons. The van der Waals surface area contributed by atoms with Gasteiger partial charge in [0.2, 0.25) is 5.78 Å². The van der Waals surface area contributed by atoms with Crippen molar-refractivity contribution in [2.45, 2.75) is 52.7 Å². The number of rotatable bonds is 6. The van der Waals surface area contributed by atoms with Gasteiger partial charge in [-0.1, -0.05) is 21.3 Å². The molecule has 1 saturated carbocycles. The summed E-state index contributed by atoms with van der Waals surface area (Å²) in [6.07, 6.45) is 0.0435. The van der Waals surface area contributed by atoms with Crippen molar-refractivity contribution in [2.75, 3.05) is 32.6 Å². The Labute approximate surface area is 223 Å². The highest BCUT2D eigenvalue weighted by Crippen LogP contribution is 2.53. The first-order valence-electron chi connectivity index (χ1n) is 12.4. The third kappa shape index (κ3) is 4.35. The lowest BCUT2D eigenvalue weighted by atomic mass is 9.59. The van der Waals surface area contributed by atoms with E-state index in [1.165, 1.54) is 0 Å². The third-order valence-corrected chi connectivity index (χ3v) is 7.72. The fourth-order valence-electron chi connectivity index (χ4n) is 6.22. The van der Waals surface area contributed by atoms with Crippen molar-refractivity contribution in [3.05, 3.63) is 39.7 Å².